The Balaban J connectivity index is 1.56. The molecule has 15 heteroatoms. The first kappa shape index (κ1) is 29.7. The maximum absolute atomic E-state index is 15.0. The molecule has 218 valence electrons. The molecule has 9 nitrogen and oxygen atoms in total. The Morgan fingerprint density at radius 2 is 1.71 bits per heavy atom. The molecule has 4 aromatic rings. The zero-order chi connectivity index (χ0) is 30.3. The number of alkyl halides is 4. The maximum atomic E-state index is 15.0. The molecule has 0 spiro atoms. The number of hydrogen-bond donors (Lipinski definition) is 3. The third-order valence-corrected chi connectivity index (χ3v) is 6.27. The van der Waals surface area contributed by atoms with Crippen LogP contribution in [0, 0.1) is 11.6 Å². The Hall–Kier alpha value is -4.27. The molecule has 4 rings (SSSR count). The monoisotopic (exact) mass is 582 g/mol. The SMILES string of the molecule is CC(CC(F)Cn1cc(F)c2cc(-c3ncc(C(C)(C)O)cn3)c(F)cc2c1=O)Nc1cn[nH]c(=O)c1C(F)(F)F. The highest BCUT2D eigenvalue weighted by Gasteiger charge is 2.37. The van der Waals surface area contributed by atoms with Gasteiger partial charge in [0, 0.05) is 42.0 Å². The molecule has 0 fully saturated rings. The highest BCUT2D eigenvalue weighted by molar-refractivity contribution is 5.86. The van der Waals surface area contributed by atoms with Gasteiger partial charge in [-0.2, -0.15) is 18.3 Å². The van der Waals surface area contributed by atoms with Gasteiger partial charge in [0.25, 0.3) is 11.1 Å². The molecule has 0 aliphatic heterocycles. The van der Waals surface area contributed by atoms with Crippen LogP contribution >= 0.6 is 0 Å². The fourth-order valence-electron chi connectivity index (χ4n) is 4.24. The highest BCUT2D eigenvalue weighted by Crippen LogP contribution is 2.32. The maximum Gasteiger partial charge on any atom is 0.423 e. The van der Waals surface area contributed by atoms with Gasteiger partial charge in [-0.25, -0.2) is 28.2 Å². The van der Waals surface area contributed by atoms with Crippen LogP contribution in [0.25, 0.3) is 22.2 Å². The number of pyridine rings is 1. The van der Waals surface area contributed by atoms with Crippen LogP contribution in [0.2, 0.25) is 0 Å². The number of hydrogen-bond acceptors (Lipinski definition) is 7. The summed E-state index contributed by atoms with van der Waals surface area (Å²) >= 11 is 0. The average molecular weight is 583 g/mol. The second-order valence-corrected chi connectivity index (χ2v) is 10.0. The second-order valence-electron chi connectivity index (χ2n) is 10.0. The average Bonchev–Trinajstić information content (AvgIpc) is 2.85. The Bertz CT molecular complexity index is 1700. The summed E-state index contributed by atoms with van der Waals surface area (Å²) in [4.78, 5) is 32.6. The fraction of sp³-hybridized carbons (Fsp3) is 0.346. The van der Waals surface area contributed by atoms with Gasteiger partial charge in [-0.05, 0) is 32.9 Å². The minimum absolute atomic E-state index is 0.115. The van der Waals surface area contributed by atoms with E-state index in [1.54, 1.807) is 5.10 Å². The minimum Gasteiger partial charge on any atom is -0.386 e. The van der Waals surface area contributed by atoms with E-state index in [0.29, 0.717) is 10.1 Å². The summed E-state index contributed by atoms with van der Waals surface area (Å²) in [5, 5.41) is 16.8. The van der Waals surface area contributed by atoms with Crippen molar-refractivity contribution in [2.45, 2.75) is 57.7 Å². The van der Waals surface area contributed by atoms with Gasteiger partial charge in [0.05, 0.1) is 35.0 Å². The van der Waals surface area contributed by atoms with Gasteiger partial charge in [0.15, 0.2) is 5.82 Å². The fourth-order valence-corrected chi connectivity index (χ4v) is 4.24. The second kappa shape index (κ2) is 11.0. The van der Waals surface area contributed by atoms with Crippen molar-refractivity contribution < 1.29 is 31.4 Å². The molecule has 0 saturated carbocycles. The summed E-state index contributed by atoms with van der Waals surface area (Å²) in [5.41, 5.74) is -5.64. The van der Waals surface area contributed by atoms with Crippen LogP contribution in [0.1, 0.15) is 38.3 Å². The number of fused-ring (bicyclic) bond motifs is 1. The molecule has 0 aliphatic rings. The lowest BCUT2D eigenvalue weighted by molar-refractivity contribution is -0.138. The molecule has 3 N–H and O–H groups in total. The van der Waals surface area contributed by atoms with E-state index < -0.39 is 71.0 Å². The summed E-state index contributed by atoms with van der Waals surface area (Å²) in [6.45, 7) is 3.69. The molecular weight excluding hydrogens is 558 g/mol. The molecular formula is C26H24F6N6O3. The molecule has 41 heavy (non-hydrogen) atoms. The van der Waals surface area contributed by atoms with Crippen LogP contribution in [-0.4, -0.2) is 42.1 Å². The van der Waals surface area contributed by atoms with Crippen molar-refractivity contribution in [1.29, 1.82) is 0 Å². The number of rotatable bonds is 8. The first-order chi connectivity index (χ1) is 19.1. The summed E-state index contributed by atoms with van der Waals surface area (Å²) in [5.74, 6) is -2.02. The molecule has 0 saturated heterocycles. The van der Waals surface area contributed by atoms with Crippen molar-refractivity contribution in [3.63, 3.8) is 0 Å². The van der Waals surface area contributed by atoms with Crippen molar-refractivity contribution in [2.24, 2.45) is 0 Å². The van der Waals surface area contributed by atoms with E-state index in [1.807, 2.05) is 0 Å². The largest absolute Gasteiger partial charge is 0.423 e. The smallest absolute Gasteiger partial charge is 0.386 e. The predicted molar refractivity (Wildman–Crippen MR) is 137 cm³/mol. The summed E-state index contributed by atoms with van der Waals surface area (Å²) in [6, 6.07) is 0.881. The molecule has 3 heterocycles. The van der Waals surface area contributed by atoms with Gasteiger partial charge in [0.2, 0.25) is 0 Å². The van der Waals surface area contributed by atoms with Crippen LogP contribution < -0.4 is 16.4 Å². The number of nitrogens with one attached hydrogen (secondary N) is 2. The summed E-state index contributed by atoms with van der Waals surface area (Å²) in [7, 11) is 0. The summed E-state index contributed by atoms with van der Waals surface area (Å²) in [6.07, 6.45) is -3.21. The number of aliphatic hydroxyl groups is 1. The van der Waals surface area contributed by atoms with Gasteiger partial charge in [-0.15, -0.1) is 0 Å². The van der Waals surface area contributed by atoms with Crippen LogP contribution in [0.5, 0.6) is 0 Å². The van der Waals surface area contributed by atoms with Crippen LogP contribution in [0.4, 0.5) is 32.0 Å². The molecule has 2 unspecified atom stereocenters. The Morgan fingerprint density at radius 1 is 1.05 bits per heavy atom. The van der Waals surface area contributed by atoms with Crippen molar-refractivity contribution in [1.82, 2.24) is 24.7 Å². The van der Waals surface area contributed by atoms with E-state index in [2.05, 4.69) is 20.4 Å². The third-order valence-electron chi connectivity index (χ3n) is 6.27. The first-order valence-electron chi connectivity index (χ1n) is 12.2. The molecule has 0 amide bonds. The number of benzene rings is 1. The lowest BCUT2D eigenvalue weighted by atomic mass is 10.0. The highest BCUT2D eigenvalue weighted by atomic mass is 19.4. The van der Waals surface area contributed by atoms with E-state index >= 15 is 4.39 Å². The lowest BCUT2D eigenvalue weighted by Crippen LogP contribution is -2.30. The van der Waals surface area contributed by atoms with Gasteiger partial charge in [-0.1, -0.05) is 0 Å². The Morgan fingerprint density at radius 3 is 2.32 bits per heavy atom. The number of H-pyrrole nitrogens is 1. The van der Waals surface area contributed by atoms with Crippen molar-refractivity contribution in [2.75, 3.05) is 5.32 Å². The Labute approximate surface area is 227 Å². The third kappa shape index (κ3) is 6.39. The number of halogens is 6. The first-order valence-corrected chi connectivity index (χ1v) is 12.2. The number of aromatic nitrogens is 5. The zero-order valence-corrected chi connectivity index (χ0v) is 21.9. The van der Waals surface area contributed by atoms with E-state index in [-0.39, 0.29) is 22.2 Å². The molecule has 3 aromatic heterocycles. The topological polar surface area (TPSA) is 126 Å². The van der Waals surface area contributed by atoms with Crippen molar-refractivity contribution in [3.05, 3.63) is 80.4 Å². The van der Waals surface area contributed by atoms with Gasteiger partial charge >= 0.3 is 6.18 Å². The molecule has 0 aliphatic carbocycles. The van der Waals surface area contributed by atoms with Gasteiger partial charge in [-0.3, -0.25) is 9.59 Å². The van der Waals surface area contributed by atoms with Gasteiger partial charge in [0.1, 0.15) is 23.4 Å². The number of aromatic amines is 1. The Kier molecular flexibility index (Phi) is 7.94. The van der Waals surface area contributed by atoms with Crippen molar-refractivity contribution in [3.8, 4) is 11.4 Å². The van der Waals surface area contributed by atoms with E-state index in [4.69, 9.17) is 0 Å². The molecule has 0 bridgehead atoms. The van der Waals surface area contributed by atoms with Crippen LogP contribution in [-0.2, 0) is 18.3 Å². The van der Waals surface area contributed by atoms with E-state index in [0.717, 1.165) is 24.5 Å². The zero-order valence-electron chi connectivity index (χ0n) is 21.9. The number of nitrogens with zero attached hydrogens (tertiary/aromatic N) is 4. The molecule has 0 radical (unpaired) electrons. The van der Waals surface area contributed by atoms with Gasteiger partial charge < -0.3 is 15.0 Å². The van der Waals surface area contributed by atoms with Crippen LogP contribution in [0.3, 0.4) is 0 Å². The standard InChI is InChI=1S/C26H24F6N6O3/c1-12(36-20-9-35-37-23(39)21(20)26(30,31)32)4-14(27)10-38-11-19(29)15-5-17(18(28)6-16(15)24(38)40)22-33-7-13(8-34-22)25(2,3)41/h5-9,11-12,14,41H,4,10H2,1-3H3,(H2,36,37,39). The molecule has 2 atom stereocenters. The van der Waals surface area contributed by atoms with E-state index in [1.165, 1.54) is 33.2 Å². The normalized spacial score (nSPS) is 13.8. The lowest BCUT2D eigenvalue weighted by Gasteiger charge is -2.20. The van der Waals surface area contributed by atoms with Crippen molar-refractivity contribution >= 4 is 16.5 Å². The predicted octanol–water partition coefficient (Wildman–Crippen LogP) is 4.30. The number of anilines is 1. The quantitative estimate of drug-likeness (QED) is 0.265. The molecule has 1 aromatic carbocycles. The van der Waals surface area contributed by atoms with Crippen LogP contribution in [0.15, 0.2) is 46.5 Å². The minimum atomic E-state index is -5.00. The summed E-state index contributed by atoms with van der Waals surface area (Å²) < 4.78 is 85.4. The van der Waals surface area contributed by atoms with E-state index in [9.17, 15) is 36.6 Å².